The molecule has 2 fully saturated rings. The van der Waals surface area contributed by atoms with Crippen LogP contribution in [0.5, 0.6) is 0 Å². The van der Waals surface area contributed by atoms with Crippen molar-refractivity contribution in [1.29, 1.82) is 0 Å². The SMILES string of the molecule is N[C@H]1CC(=O)N(c2ccc(CN3CCOCC3)cc2)C1. The van der Waals surface area contributed by atoms with E-state index in [0.29, 0.717) is 13.0 Å². The Bertz CT molecular complexity index is 469. The van der Waals surface area contributed by atoms with Crippen molar-refractivity contribution in [1.82, 2.24) is 4.90 Å². The number of nitrogens with two attached hydrogens (primary N) is 1. The lowest BCUT2D eigenvalue weighted by Gasteiger charge is -2.26. The summed E-state index contributed by atoms with van der Waals surface area (Å²) in [5.74, 6) is 0.124. The van der Waals surface area contributed by atoms with Crippen molar-refractivity contribution in [3.05, 3.63) is 29.8 Å². The maximum atomic E-state index is 11.8. The van der Waals surface area contributed by atoms with Gasteiger partial charge in [-0.15, -0.1) is 0 Å². The third-order valence-corrected chi connectivity index (χ3v) is 3.91. The molecule has 5 nitrogen and oxygen atoms in total. The predicted molar refractivity (Wildman–Crippen MR) is 77.5 cm³/mol. The van der Waals surface area contributed by atoms with Gasteiger partial charge < -0.3 is 15.4 Å². The second kappa shape index (κ2) is 5.91. The van der Waals surface area contributed by atoms with Gasteiger partial charge in [0, 0.05) is 44.3 Å². The predicted octanol–water partition coefficient (Wildman–Crippen LogP) is 0.583. The molecule has 2 aliphatic heterocycles. The minimum Gasteiger partial charge on any atom is -0.379 e. The number of benzene rings is 1. The molecule has 3 rings (SSSR count). The molecule has 0 unspecified atom stereocenters. The zero-order chi connectivity index (χ0) is 13.9. The van der Waals surface area contributed by atoms with Crippen LogP contribution in [-0.2, 0) is 16.1 Å². The quantitative estimate of drug-likeness (QED) is 0.877. The summed E-state index contributed by atoms with van der Waals surface area (Å²) in [6.07, 6.45) is 0.454. The van der Waals surface area contributed by atoms with Crippen molar-refractivity contribution < 1.29 is 9.53 Å². The van der Waals surface area contributed by atoms with E-state index in [0.717, 1.165) is 38.5 Å². The van der Waals surface area contributed by atoms with Crippen LogP contribution in [0, 0.1) is 0 Å². The number of carbonyl (C=O) groups excluding carboxylic acids is 1. The van der Waals surface area contributed by atoms with Crippen LogP contribution < -0.4 is 10.6 Å². The molecule has 0 aliphatic carbocycles. The second-order valence-electron chi connectivity index (χ2n) is 5.52. The van der Waals surface area contributed by atoms with E-state index >= 15 is 0 Å². The summed E-state index contributed by atoms with van der Waals surface area (Å²) < 4.78 is 5.35. The van der Waals surface area contributed by atoms with Gasteiger partial charge in [0.25, 0.3) is 0 Å². The molecule has 2 saturated heterocycles. The summed E-state index contributed by atoms with van der Waals surface area (Å²) in [6, 6.07) is 8.21. The van der Waals surface area contributed by atoms with Gasteiger partial charge in [0.1, 0.15) is 0 Å². The molecular weight excluding hydrogens is 254 g/mol. The Balaban J connectivity index is 1.63. The second-order valence-corrected chi connectivity index (χ2v) is 5.52. The lowest BCUT2D eigenvalue weighted by atomic mass is 10.2. The number of morpholine rings is 1. The Hall–Kier alpha value is -1.43. The highest BCUT2D eigenvalue weighted by Crippen LogP contribution is 2.21. The van der Waals surface area contributed by atoms with Gasteiger partial charge in [-0.05, 0) is 17.7 Å². The number of nitrogens with zero attached hydrogens (tertiary/aromatic N) is 2. The first kappa shape index (κ1) is 13.5. The van der Waals surface area contributed by atoms with E-state index in [-0.39, 0.29) is 11.9 Å². The molecule has 1 aromatic carbocycles. The van der Waals surface area contributed by atoms with Crippen LogP contribution in [0.2, 0.25) is 0 Å². The summed E-state index contributed by atoms with van der Waals surface area (Å²) in [6.45, 7) is 5.18. The molecule has 108 valence electrons. The van der Waals surface area contributed by atoms with E-state index in [9.17, 15) is 4.79 Å². The summed E-state index contributed by atoms with van der Waals surface area (Å²) in [5.41, 5.74) is 8.05. The smallest absolute Gasteiger partial charge is 0.228 e. The third kappa shape index (κ3) is 3.00. The van der Waals surface area contributed by atoms with Gasteiger partial charge in [0.15, 0.2) is 0 Å². The van der Waals surface area contributed by atoms with E-state index in [4.69, 9.17) is 10.5 Å². The lowest BCUT2D eigenvalue weighted by molar-refractivity contribution is -0.117. The van der Waals surface area contributed by atoms with Crippen LogP contribution in [0.25, 0.3) is 0 Å². The molecule has 0 bridgehead atoms. The van der Waals surface area contributed by atoms with Gasteiger partial charge in [0.2, 0.25) is 5.91 Å². The average Bonchev–Trinajstić information content (AvgIpc) is 2.80. The van der Waals surface area contributed by atoms with Crippen LogP contribution in [0.15, 0.2) is 24.3 Å². The zero-order valence-electron chi connectivity index (χ0n) is 11.6. The lowest BCUT2D eigenvalue weighted by Crippen LogP contribution is -2.35. The molecular formula is C15H21N3O2. The number of hydrogen-bond acceptors (Lipinski definition) is 4. The maximum Gasteiger partial charge on any atom is 0.228 e. The number of carbonyl (C=O) groups is 1. The fraction of sp³-hybridized carbons (Fsp3) is 0.533. The van der Waals surface area contributed by atoms with Crippen LogP contribution in [0.4, 0.5) is 5.69 Å². The summed E-state index contributed by atoms with van der Waals surface area (Å²) in [4.78, 5) is 16.0. The van der Waals surface area contributed by atoms with Crippen molar-refractivity contribution in [3.63, 3.8) is 0 Å². The summed E-state index contributed by atoms with van der Waals surface area (Å²) in [5, 5.41) is 0. The number of hydrogen-bond donors (Lipinski definition) is 1. The first-order valence-corrected chi connectivity index (χ1v) is 7.17. The van der Waals surface area contributed by atoms with Crippen molar-refractivity contribution in [2.24, 2.45) is 5.73 Å². The number of amides is 1. The zero-order valence-corrected chi connectivity index (χ0v) is 11.6. The van der Waals surface area contributed by atoms with Gasteiger partial charge in [-0.1, -0.05) is 12.1 Å². The Morgan fingerprint density at radius 1 is 1.20 bits per heavy atom. The Morgan fingerprint density at radius 2 is 1.90 bits per heavy atom. The highest BCUT2D eigenvalue weighted by Gasteiger charge is 2.27. The normalized spacial score (nSPS) is 24.4. The largest absolute Gasteiger partial charge is 0.379 e. The van der Waals surface area contributed by atoms with Gasteiger partial charge in [-0.25, -0.2) is 0 Å². The Morgan fingerprint density at radius 3 is 2.50 bits per heavy atom. The van der Waals surface area contributed by atoms with E-state index in [1.165, 1.54) is 5.56 Å². The summed E-state index contributed by atoms with van der Waals surface area (Å²) >= 11 is 0. The maximum absolute atomic E-state index is 11.8. The molecule has 2 aliphatic rings. The molecule has 2 N–H and O–H groups in total. The number of rotatable bonds is 3. The topological polar surface area (TPSA) is 58.8 Å². The first-order chi connectivity index (χ1) is 9.72. The van der Waals surface area contributed by atoms with Crippen molar-refractivity contribution >= 4 is 11.6 Å². The molecule has 0 spiro atoms. The standard InChI is InChI=1S/C15H21N3O2/c16-13-9-15(19)18(11-13)14-3-1-12(2-4-14)10-17-5-7-20-8-6-17/h1-4,13H,5-11,16H2/t13-/m0/s1. The minimum atomic E-state index is -0.0319. The molecule has 5 heteroatoms. The monoisotopic (exact) mass is 275 g/mol. The molecule has 0 saturated carbocycles. The number of anilines is 1. The van der Waals surface area contributed by atoms with Gasteiger partial charge in [-0.2, -0.15) is 0 Å². The van der Waals surface area contributed by atoms with Crippen LogP contribution in [0.1, 0.15) is 12.0 Å². The fourth-order valence-electron chi connectivity index (χ4n) is 2.78. The van der Waals surface area contributed by atoms with Crippen molar-refractivity contribution in [2.45, 2.75) is 19.0 Å². The Labute approximate surface area is 119 Å². The highest BCUT2D eigenvalue weighted by atomic mass is 16.5. The average molecular weight is 275 g/mol. The van der Waals surface area contributed by atoms with Crippen LogP contribution >= 0.6 is 0 Å². The fourth-order valence-corrected chi connectivity index (χ4v) is 2.78. The minimum absolute atomic E-state index is 0.0319. The molecule has 1 aromatic rings. The van der Waals surface area contributed by atoms with Gasteiger partial charge >= 0.3 is 0 Å². The van der Waals surface area contributed by atoms with E-state index in [2.05, 4.69) is 17.0 Å². The van der Waals surface area contributed by atoms with Gasteiger partial charge in [-0.3, -0.25) is 9.69 Å². The molecule has 0 aromatic heterocycles. The number of ether oxygens (including phenoxy) is 1. The van der Waals surface area contributed by atoms with Crippen LogP contribution in [-0.4, -0.2) is 49.7 Å². The summed E-state index contributed by atoms with van der Waals surface area (Å²) in [7, 11) is 0. The van der Waals surface area contributed by atoms with Crippen molar-refractivity contribution in [3.8, 4) is 0 Å². The van der Waals surface area contributed by atoms with Crippen LogP contribution in [0.3, 0.4) is 0 Å². The van der Waals surface area contributed by atoms with E-state index in [1.807, 2.05) is 12.1 Å². The first-order valence-electron chi connectivity index (χ1n) is 7.17. The third-order valence-electron chi connectivity index (χ3n) is 3.91. The van der Waals surface area contributed by atoms with Crippen molar-refractivity contribution in [2.75, 3.05) is 37.7 Å². The molecule has 2 heterocycles. The van der Waals surface area contributed by atoms with Gasteiger partial charge in [0.05, 0.1) is 13.2 Å². The van der Waals surface area contributed by atoms with E-state index in [1.54, 1.807) is 4.90 Å². The molecule has 20 heavy (non-hydrogen) atoms. The molecule has 1 amide bonds. The molecule has 0 radical (unpaired) electrons. The Kier molecular flexibility index (Phi) is 4.00. The highest BCUT2D eigenvalue weighted by molar-refractivity contribution is 5.96. The molecule has 1 atom stereocenters. The van der Waals surface area contributed by atoms with E-state index < -0.39 is 0 Å².